The summed E-state index contributed by atoms with van der Waals surface area (Å²) in [5.41, 5.74) is 3.31. The number of ether oxygens (including phenoxy) is 3. The molecule has 0 spiro atoms. The van der Waals surface area contributed by atoms with Gasteiger partial charge in [0.15, 0.2) is 17.3 Å². The Balaban J connectivity index is 2.14. The number of esters is 1. The fraction of sp³-hybridized carbons (Fsp3) is 0.538. The number of benzene rings is 1. The first-order valence-corrected chi connectivity index (χ1v) is 12.2. The second-order valence-corrected chi connectivity index (χ2v) is 10.4. The average Bonchev–Trinajstić information content (AvgIpc) is 2.74. The number of hydrogen-bond acceptors (Lipinski definition) is 6. The lowest BCUT2D eigenvalue weighted by Crippen LogP contribution is -2.38. The third kappa shape index (κ3) is 5.29. The van der Waals surface area contributed by atoms with Gasteiger partial charge in [-0.05, 0) is 42.9 Å². The molecule has 0 amide bonds. The number of halogens is 1. The van der Waals surface area contributed by atoms with Crippen LogP contribution in [0.4, 0.5) is 0 Å². The van der Waals surface area contributed by atoms with Gasteiger partial charge < -0.3 is 19.5 Å². The lowest BCUT2D eigenvalue weighted by molar-refractivity contribution is -0.139. The second-order valence-electron chi connectivity index (χ2n) is 9.50. The molecule has 1 aliphatic heterocycles. The summed E-state index contributed by atoms with van der Waals surface area (Å²) in [5, 5.41) is 3.37. The standard InChI is InChI=1S/C26H34BrNO5/c1-7-8-9-10-33-25(30)22-15(2)28-18-13-26(3,4)14-19(29)24(18)23(22)16-11-20(31-5)21(32-6)12-17(16)27/h11-12,23,28H,7-10,13-14H2,1-6H3. The number of Topliss-reactive ketones (excluding diaryl/α,β-unsaturated/α-hetero) is 1. The topological polar surface area (TPSA) is 73.9 Å². The molecule has 0 radical (unpaired) electrons. The van der Waals surface area contributed by atoms with Gasteiger partial charge in [-0.25, -0.2) is 4.79 Å². The highest BCUT2D eigenvalue weighted by Crippen LogP contribution is 2.49. The van der Waals surface area contributed by atoms with E-state index in [1.165, 1.54) is 0 Å². The number of allylic oxidation sites excluding steroid dienone is 3. The Morgan fingerprint density at radius 2 is 1.82 bits per heavy atom. The van der Waals surface area contributed by atoms with Gasteiger partial charge in [0.25, 0.3) is 0 Å². The Morgan fingerprint density at radius 1 is 1.15 bits per heavy atom. The second kappa shape index (κ2) is 10.3. The number of dihydropyridines is 1. The third-order valence-corrected chi connectivity index (χ3v) is 6.94. The van der Waals surface area contributed by atoms with Gasteiger partial charge in [-0.1, -0.05) is 49.5 Å². The normalized spacial score (nSPS) is 19.7. The molecule has 1 unspecified atom stereocenters. The van der Waals surface area contributed by atoms with Gasteiger partial charge in [0.05, 0.1) is 26.4 Å². The fourth-order valence-corrected chi connectivity index (χ4v) is 5.25. The molecule has 1 N–H and O–H groups in total. The summed E-state index contributed by atoms with van der Waals surface area (Å²) in [6.45, 7) is 8.52. The molecule has 1 heterocycles. The Morgan fingerprint density at radius 3 is 2.45 bits per heavy atom. The SMILES string of the molecule is CCCCCOC(=O)C1=C(C)NC2=C(C(=O)CC(C)(C)C2)C1c1cc(OC)c(OC)cc1Br. The maximum atomic E-state index is 13.4. The third-order valence-electron chi connectivity index (χ3n) is 6.25. The van der Waals surface area contributed by atoms with E-state index in [0.717, 1.165) is 41.4 Å². The first-order valence-electron chi connectivity index (χ1n) is 11.5. The van der Waals surface area contributed by atoms with E-state index in [-0.39, 0.29) is 11.2 Å². The summed E-state index contributed by atoms with van der Waals surface area (Å²) < 4.78 is 17.4. The van der Waals surface area contributed by atoms with Gasteiger partial charge in [-0.15, -0.1) is 0 Å². The molecule has 0 saturated heterocycles. The van der Waals surface area contributed by atoms with E-state index in [0.29, 0.717) is 41.4 Å². The molecule has 33 heavy (non-hydrogen) atoms. The van der Waals surface area contributed by atoms with Crippen molar-refractivity contribution in [1.82, 2.24) is 5.32 Å². The summed E-state index contributed by atoms with van der Waals surface area (Å²) in [4.78, 5) is 26.8. The Kier molecular flexibility index (Phi) is 7.93. The molecular formula is C26H34BrNO5. The zero-order valence-electron chi connectivity index (χ0n) is 20.4. The van der Waals surface area contributed by atoms with Gasteiger partial charge in [0, 0.05) is 33.8 Å². The van der Waals surface area contributed by atoms with Crippen molar-refractivity contribution in [2.45, 2.75) is 65.7 Å². The van der Waals surface area contributed by atoms with Crippen LogP contribution in [0.25, 0.3) is 0 Å². The molecule has 0 saturated carbocycles. The molecule has 180 valence electrons. The monoisotopic (exact) mass is 519 g/mol. The predicted octanol–water partition coefficient (Wildman–Crippen LogP) is 5.80. The van der Waals surface area contributed by atoms with Crippen molar-refractivity contribution in [1.29, 1.82) is 0 Å². The van der Waals surface area contributed by atoms with Crippen LogP contribution in [0.1, 0.15) is 71.3 Å². The minimum atomic E-state index is -0.558. The largest absolute Gasteiger partial charge is 0.493 e. The highest BCUT2D eigenvalue weighted by atomic mass is 79.9. The zero-order chi connectivity index (χ0) is 24.3. The van der Waals surface area contributed by atoms with Crippen molar-refractivity contribution in [3.05, 3.63) is 44.7 Å². The van der Waals surface area contributed by atoms with Crippen LogP contribution in [0.3, 0.4) is 0 Å². The van der Waals surface area contributed by atoms with Crippen LogP contribution < -0.4 is 14.8 Å². The van der Waals surface area contributed by atoms with E-state index in [2.05, 4.69) is 42.0 Å². The van der Waals surface area contributed by atoms with Crippen molar-refractivity contribution in [2.75, 3.05) is 20.8 Å². The number of hydrogen-bond donors (Lipinski definition) is 1. The van der Waals surface area contributed by atoms with Crippen molar-refractivity contribution in [2.24, 2.45) is 5.41 Å². The van der Waals surface area contributed by atoms with E-state index in [4.69, 9.17) is 14.2 Å². The Labute approximate surface area is 204 Å². The number of nitrogens with one attached hydrogen (secondary N) is 1. The number of carbonyl (C=O) groups is 2. The number of unbranched alkanes of at least 4 members (excludes halogenated alkanes) is 2. The van der Waals surface area contributed by atoms with Crippen molar-refractivity contribution in [3.8, 4) is 11.5 Å². The summed E-state index contributed by atoms with van der Waals surface area (Å²) in [5.74, 6) is 0.193. The van der Waals surface area contributed by atoms with Crippen molar-refractivity contribution < 1.29 is 23.8 Å². The summed E-state index contributed by atoms with van der Waals surface area (Å²) in [6, 6.07) is 3.65. The maximum absolute atomic E-state index is 13.4. The number of carbonyl (C=O) groups excluding carboxylic acids is 2. The predicted molar refractivity (Wildman–Crippen MR) is 131 cm³/mol. The van der Waals surface area contributed by atoms with E-state index < -0.39 is 11.9 Å². The minimum Gasteiger partial charge on any atom is -0.493 e. The number of rotatable bonds is 8. The van der Waals surface area contributed by atoms with Crippen molar-refractivity contribution >= 4 is 27.7 Å². The summed E-state index contributed by atoms with van der Waals surface area (Å²) >= 11 is 3.65. The lowest BCUT2D eigenvalue weighted by atomic mass is 9.68. The van der Waals surface area contributed by atoms with E-state index in [1.54, 1.807) is 14.2 Å². The minimum absolute atomic E-state index is 0.0456. The molecule has 6 nitrogen and oxygen atoms in total. The average molecular weight is 520 g/mol. The molecule has 3 rings (SSSR count). The van der Waals surface area contributed by atoms with Crippen LogP contribution in [-0.2, 0) is 14.3 Å². The quantitative estimate of drug-likeness (QED) is 0.345. The van der Waals surface area contributed by atoms with Crippen LogP contribution in [0.5, 0.6) is 11.5 Å². The summed E-state index contributed by atoms with van der Waals surface area (Å²) in [6.07, 6.45) is 4.01. The molecule has 0 aromatic heterocycles. The van der Waals surface area contributed by atoms with Gasteiger partial charge in [-0.3, -0.25) is 4.79 Å². The van der Waals surface area contributed by atoms with Crippen LogP contribution >= 0.6 is 15.9 Å². The highest BCUT2D eigenvalue weighted by Gasteiger charge is 2.44. The van der Waals surface area contributed by atoms with Crippen LogP contribution in [0, 0.1) is 5.41 Å². The van der Waals surface area contributed by atoms with E-state index in [9.17, 15) is 9.59 Å². The maximum Gasteiger partial charge on any atom is 0.336 e. The molecule has 1 aromatic carbocycles. The smallest absolute Gasteiger partial charge is 0.336 e. The fourth-order valence-electron chi connectivity index (χ4n) is 4.70. The van der Waals surface area contributed by atoms with Gasteiger partial charge in [-0.2, -0.15) is 0 Å². The highest BCUT2D eigenvalue weighted by molar-refractivity contribution is 9.10. The number of ketones is 1. The molecule has 0 fully saturated rings. The van der Waals surface area contributed by atoms with Gasteiger partial charge >= 0.3 is 5.97 Å². The Bertz CT molecular complexity index is 1010. The molecule has 2 aliphatic rings. The van der Waals surface area contributed by atoms with Crippen LogP contribution in [0.15, 0.2) is 39.1 Å². The summed E-state index contributed by atoms with van der Waals surface area (Å²) in [7, 11) is 3.14. The van der Waals surface area contributed by atoms with Gasteiger partial charge in [0.2, 0.25) is 0 Å². The first kappa shape index (κ1) is 25.3. The van der Waals surface area contributed by atoms with Crippen LogP contribution in [0.2, 0.25) is 0 Å². The Hall–Kier alpha value is -2.28. The zero-order valence-corrected chi connectivity index (χ0v) is 22.0. The number of methoxy groups -OCH3 is 2. The van der Waals surface area contributed by atoms with E-state index >= 15 is 0 Å². The van der Waals surface area contributed by atoms with Gasteiger partial charge in [0.1, 0.15) is 0 Å². The molecule has 1 aliphatic carbocycles. The van der Waals surface area contributed by atoms with Crippen molar-refractivity contribution in [3.63, 3.8) is 0 Å². The molecule has 1 aromatic rings. The first-order chi connectivity index (χ1) is 15.6. The molecule has 0 bridgehead atoms. The molecular weight excluding hydrogens is 486 g/mol. The van der Waals surface area contributed by atoms with Crippen LogP contribution in [-0.4, -0.2) is 32.6 Å². The molecule has 7 heteroatoms. The molecule has 1 atom stereocenters. The van der Waals surface area contributed by atoms with E-state index in [1.807, 2.05) is 19.1 Å². The lowest BCUT2D eigenvalue weighted by Gasteiger charge is -2.39.